The predicted octanol–water partition coefficient (Wildman–Crippen LogP) is -1.74. The highest BCUT2D eigenvalue weighted by atomic mass is 16.5. The van der Waals surface area contributed by atoms with Crippen LogP contribution in [0.5, 0.6) is 0 Å². The second-order valence-corrected chi connectivity index (χ2v) is 3.71. The zero-order valence-corrected chi connectivity index (χ0v) is 9.69. The van der Waals surface area contributed by atoms with Crippen molar-refractivity contribution < 1.29 is 28.3 Å². The van der Waals surface area contributed by atoms with Crippen LogP contribution in [0.4, 0.5) is 0 Å². The van der Waals surface area contributed by atoms with E-state index in [0.717, 1.165) is 0 Å². The van der Waals surface area contributed by atoms with Crippen molar-refractivity contribution in [2.75, 3.05) is 40.9 Å². The van der Waals surface area contributed by atoms with Crippen LogP contribution in [0.25, 0.3) is 0 Å². The average Bonchev–Trinajstić information content (AvgIpc) is 2.15. The fraction of sp³-hybridized carbons (Fsp3) is 0.667. The Kier molecular flexibility index (Phi) is 5.44. The monoisotopic (exact) mass is 233 g/mol. The Morgan fingerprint density at radius 2 is 1.38 bits per heavy atom. The van der Waals surface area contributed by atoms with Gasteiger partial charge < -0.3 is 15.2 Å². The molecule has 0 fully saturated rings. The van der Waals surface area contributed by atoms with E-state index in [2.05, 4.69) is 9.47 Å². The Morgan fingerprint density at radius 1 is 1.00 bits per heavy atom. The number of likely N-dealkylation sites (N-methyl/N-ethyl adjacent to an activating group) is 1. The van der Waals surface area contributed by atoms with Gasteiger partial charge in [-0.1, -0.05) is 0 Å². The van der Waals surface area contributed by atoms with Gasteiger partial charge in [-0.2, -0.15) is 0 Å². The van der Waals surface area contributed by atoms with Crippen molar-refractivity contribution in [3.63, 3.8) is 0 Å². The van der Waals surface area contributed by atoms with Crippen LogP contribution < -0.4 is 5.73 Å². The number of esters is 2. The molecule has 0 aromatic heterocycles. The zero-order valence-electron chi connectivity index (χ0n) is 9.69. The van der Waals surface area contributed by atoms with Crippen LogP contribution in [0.3, 0.4) is 0 Å². The van der Waals surface area contributed by atoms with E-state index in [1.807, 2.05) is 0 Å². The molecule has 7 heteroatoms. The highest BCUT2D eigenvalue weighted by Crippen LogP contribution is 2.03. The largest absolute Gasteiger partial charge is 0.465 e. The molecule has 0 saturated heterocycles. The van der Waals surface area contributed by atoms with E-state index in [9.17, 15) is 14.4 Å². The first kappa shape index (κ1) is 14.4. The number of nitrogens with two attached hydrogens (primary N) is 1. The van der Waals surface area contributed by atoms with Gasteiger partial charge >= 0.3 is 11.9 Å². The summed E-state index contributed by atoms with van der Waals surface area (Å²) < 4.78 is 8.81. The fourth-order valence-corrected chi connectivity index (χ4v) is 1.30. The Bertz CT molecular complexity index is 272. The van der Waals surface area contributed by atoms with Crippen LogP contribution in [-0.2, 0) is 23.9 Å². The minimum Gasteiger partial charge on any atom is -0.465 e. The molecule has 0 aromatic carbocycles. The molecular weight excluding hydrogens is 216 g/mol. The number of ether oxygens (including phenoxy) is 2. The van der Waals surface area contributed by atoms with Gasteiger partial charge in [0.05, 0.1) is 21.3 Å². The van der Waals surface area contributed by atoms with Crippen LogP contribution in [0.2, 0.25) is 0 Å². The van der Waals surface area contributed by atoms with Crippen molar-refractivity contribution in [2.24, 2.45) is 5.73 Å². The number of carbonyl (C=O) groups excluding carboxylic acids is 3. The summed E-state index contributed by atoms with van der Waals surface area (Å²) in [5.74, 6) is -1.64. The molecule has 0 saturated carbocycles. The van der Waals surface area contributed by atoms with E-state index in [1.165, 1.54) is 14.2 Å². The van der Waals surface area contributed by atoms with Crippen LogP contribution in [0, 0.1) is 0 Å². The lowest BCUT2D eigenvalue weighted by molar-refractivity contribution is -0.887. The molecule has 7 nitrogen and oxygen atoms in total. The molecule has 0 unspecified atom stereocenters. The van der Waals surface area contributed by atoms with Gasteiger partial charge in [0.15, 0.2) is 19.6 Å². The molecule has 0 aromatic rings. The summed E-state index contributed by atoms with van der Waals surface area (Å²) >= 11 is 0. The Hall–Kier alpha value is -1.63. The summed E-state index contributed by atoms with van der Waals surface area (Å²) in [6.07, 6.45) is 0. The molecule has 1 amide bonds. The first-order valence-electron chi connectivity index (χ1n) is 4.58. The standard InChI is InChI=1S/C9H16N2O5/c1-11(4-7(10)12,5-8(13)15-2)6-9(14)16-3/h4-6H2,1-3H3,(H-,10,12)/p+1. The first-order chi connectivity index (χ1) is 7.33. The van der Waals surface area contributed by atoms with Crippen molar-refractivity contribution in [3.05, 3.63) is 0 Å². The molecule has 2 N–H and O–H groups in total. The molecule has 0 aliphatic heterocycles. The van der Waals surface area contributed by atoms with Crippen molar-refractivity contribution >= 4 is 17.8 Å². The molecule has 0 aliphatic carbocycles. The molecule has 0 bridgehead atoms. The third kappa shape index (κ3) is 5.30. The number of nitrogens with zero attached hydrogens (tertiary/aromatic N) is 1. The first-order valence-corrected chi connectivity index (χ1v) is 4.58. The molecule has 0 radical (unpaired) electrons. The van der Waals surface area contributed by atoms with E-state index < -0.39 is 17.8 Å². The summed E-state index contributed by atoms with van der Waals surface area (Å²) in [5.41, 5.74) is 5.05. The van der Waals surface area contributed by atoms with Gasteiger partial charge in [0.25, 0.3) is 5.91 Å². The number of methoxy groups -OCH3 is 2. The predicted molar refractivity (Wildman–Crippen MR) is 54.0 cm³/mol. The number of rotatable bonds is 6. The van der Waals surface area contributed by atoms with Crippen LogP contribution in [0.15, 0.2) is 0 Å². The third-order valence-electron chi connectivity index (χ3n) is 2.01. The second-order valence-electron chi connectivity index (χ2n) is 3.71. The van der Waals surface area contributed by atoms with Gasteiger partial charge in [0.2, 0.25) is 0 Å². The summed E-state index contributed by atoms with van der Waals surface area (Å²) in [6.45, 7) is -0.368. The summed E-state index contributed by atoms with van der Waals surface area (Å²) in [5, 5.41) is 0. The molecule has 0 atom stereocenters. The molecule has 92 valence electrons. The maximum atomic E-state index is 11.1. The smallest absolute Gasteiger partial charge is 0.361 e. The summed E-state index contributed by atoms with van der Waals surface area (Å²) in [6, 6.07) is 0. The lowest BCUT2D eigenvalue weighted by Crippen LogP contribution is -2.55. The van der Waals surface area contributed by atoms with Crippen LogP contribution in [0.1, 0.15) is 0 Å². The van der Waals surface area contributed by atoms with Gasteiger partial charge in [-0.05, 0) is 0 Å². The molecule has 0 spiro atoms. The summed E-state index contributed by atoms with van der Waals surface area (Å²) in [7, 11) is 4.02. The minimum atomic E-state index is -0.602. The van der Waals surface area contributed by atoms with E-state index in [0.29, 0.717) is 0 Å². The van der Waals surface area contributed by atoms with E-state index >= 15 is 0 Å². The number of hydrogen-bond donors (Lipinski definition) is 1. The molecule has 0 aliphatic rings. The van der Waals surface area contributed by atoms with Crippen molar-refractivity contribution in [1.82, 2.24) is 0 Å². The number of carbonyl (C=O) groups is 3. The topological polar surface area (TPSA) is 95.7 Å². The van der Waals surface area contributed by atoms with E-state index in [4.69, 9.17) is 5.73 Å². The number of amides is 1. The Labute approximate surface area is 93.7 Å². The Morgan fingerprint density at radius 3 is 1.62 bits per heavy atom. The fourth-order valence-electron chi connectivity index (χ4n) is 1.30. The zero-order chi connectivity index (χ0) is 12.8. The SMILES string of the molecule is COC(=O)C[N+](C)(CC(N)=O)CC(=O)OC. The van der Waals surface area contributed by atoms with Gasteiger partial charge in [-0.3, -0.25) is 9.28 Å². The number of hydrogen-bond acceptors (Lipinski definition) is 5. The maximum Gasteiger partial charge on any atom is 0.361 e. The number of quaternary nitrogens is 1. The van der Waals surface area contributed by atoms with Crippen molar-refractivity contribution in [2.45, 2.75) is 0 Å². The third-order valence-corrected chi connectivity index (χ3v) is 2.01. The highest BCUT2D eigenvalue weighted by molar-refractivity contribution is 5.77. The Balaban J connectivity index is 4.66. The lowest BCUT2D eigenvalue weighted by atomic mass is 10.3. The van der Waals surface area contributed by atoms with E-state index in [-0.39, 0.29) is 24.1 Å². The van der Waals surface area contributed by atoms with Crippen LogP contribution in [-0.4, -0.2) is 63.2 Å². The second kappa shape index (κ2) is 6.06. The van der Waals surface area contributed by atoms with Gasteiger partial charge in [0.1, 0.15) is 0 Å². The maximum absolute atomic E-state index is 11.1. The highest BCUT2D eigenvalue weighted by Gasteiger charge is 2.31. The van der Waals surface area contributed by atoms with Gasteiger partial charge in [0, 0.05) is 0 Å². The summed E-state index contributed by atoms with van der Waals surface area (Å²) in [4.78, 5) is 33.1. The molecule has 16 heavy (non-hydrogen) atoms. The quantitative estimate of drug-likeness (QED) is 0.434. The average molecular weight is 233 g/mol. The molecule has 0 rings (SSSR count). The van der Waals surface area contributed by atoms with Crippen molar-refractivity contribution in [3.8, 4) is 0 Å². The minimum absolute atomic E-state index is 0.117. The normalized spacial score (nSPS) is 10.7. The van der Waals surface area contributed by atoms with Gasteiger partial charge in [-0.15, -0.1) is 0 Å². The van der Waals surface area contributed by atoms with Crippen LogP contribution >= 0.6 is 0 Å². The van der Waals surface area contributed by atoms with E-state index in [1.54, 1.807) is 7.05 Å². The molecule has 0 heterocycles. The van der Waals surface area contributed by atoms with Gasteiger partial charge in [-0.25, -0.2) is 9.59 Å². The molecular formula is C9H17N2O5+. The number of primary amides is 1. The lowest BCUT2D eigenvalue weighted by Gasteiger charge is -2.30. The van der Waals surface area contributed by atoms with Crippen molar-refractivity contribution in [1.29, 1.82) is 0 Å².